The van der Waals surface area contributed by atoms with E-state index in [1.807, 2.05) is 4.90 Å². The maximum atomic E-state index is 13.4. The van der Waals surface area contributed by atoms with Crippen molar-refractivity contribution < 1.29 is 31.8 Å². The molecule has 2 saturated heterocycles. The molecule has 0 aliphatic carbocycles. The van der Waals surface area contributed by atoms with Crippen LogP contribution in [0.15, 0.2) is 58.3 Å². The number of nitrogens with zero attached hydrogens (tertiary/aromatic N) is 3. The second-order valence-corrected chi connectivity index (χ2v) is 11.9. The molecule has 4 rings (SSSR count). The van der Waals surface area contributed by atoms with Crippen molar-refractivity contribution in [1.82, 2.24) is 9.21 Å². The van der Waals surface area contributed by atoms with Crippen LogP contribution in [0.3, 0.4) is 0 Å². The Morgan fingerprint density at radius 1 is 1.03 bits per heavy atom. The number of anilines is 1. The molecule has 2 aromatic carbocycles. The summed E-state index contributed by atoms with van der Waals surface area (Å²) in [6.45, 7) is 3.02. The smallest absolute Gasteiger partial charge is 0.392 e. The van der Waals surface area contributed by atoms with Crippen LogP contribution in [0.1, 0.15) is 18.9 Å². The van der Waals surface area contributed by atoms with Crippen LogP contribution in [0, 0.1) is 0 Å². The number of likely N-dealkylation sites (tertiary alicyclic amines) is 1. The number of β-amino-alcohol motifs (C(OH)–C–C–N with tert-alkyl or cyclic N) is 1. The Morgan fingerprint density at radius 2 is 1.69 bits per heavy atom. The highest BCUT2D eigenvalue weighted by Crippen LogP contribution is 2.39. The number of thiol groups is 1. The van der Waals surface area contributed by atoms with Gasteiger partial charge in [-0.15, -0.1) is 12.6 Å². The van der Waals surface area contributed by atoms with E-state index in [0.717, 1.165) is 0 Å². The topological polar surface area (TPSA) is 84.3 Å². The van der Waals surface area contributed by atoms with Crippen molar-refractivity contribution in [1.29, 1.82) is 0 Å². The number of hydrogen-bond acceptors (Lipinski definition) is 7. The average Bonchev–Trinajstić information content (AvgIpc) is 3.23. The lowest BCUT2D eigenvalue weighted by molar-refractivity contribution is -0.258. The van der Waals surface area contributed by atoms with E-state index in [9.17, 15) is 31.8 Å². The number of hydrogen-bond donors (Lipinski definition) is 3. The normalized spacial score (nSPS) is 24.1. The number of sulfonamides is 1. The number of rotatable bonds is 6. The predicted molar refractivity (Wildman–Crippen MR) is 133 cm³/mol. The van der Waals surface area contributed by atoms with Crippen LogP contribution < -0.4 is 4.90 Å². The zero-order chi connectivity index (χ0) is 26.3. The van der Waals surface area contributed by atoms with Crippen molar-refractivity contribution in [3.05, 3.63) is 54.1 Å². The molecule has 2 unspecified atom stereocenters. The lowest BCUT2D eigenvalue weighted by atomic mass is 9.95. The van der Waals surface area contributed by atoms with Gasteiger partial charge in [-0.3, -0.25) is 4.90 Å². The lowest BCUT2D eigenvalue weighted by Crippen LogP contribution is -2.58. The number of benzene rings is 2. The molecule has 0 spiro atoms. The molecule has 0 aromatic heterocycles. The molecule has 2 aliphatic rings. The number of aliphatic hydroxyl groups is 2. The van der Waals surface area contributed by atoms with Gasteiger partial charge in [-0.1, -0.05) is 24.3 Å². The number of alkyl halides is 3. The summed E-state index contributed by atoms with van der Waals surface area (Å²) in [5.41, 5.74) is -2.62. The van der Waals surface area contributed by atoms with Gasteiger partial charge in [0.25, 0.3) is 0 Å². The first kappa shape index (κ1) is 27.2. The first-order chi connectivity index (χ1) is 16.8. The Kier molecular flexibility index (Phi) is 7.67. The SMILES string of the molecule is CC(O)(c1ccc(N2CCN(S(=O)(=O)c3ccccc3S)CC2CN2CC[C@@H](O)C2)cc1)C(F)(F)F. The number of piperazine rings is 1. The Morgan fingerprint density at radius 3 is 2.28 bits per heavy atom. The molecular weight excluding hydrogens is 515 g/mol. The first-order valence-corrected chi connectivity index (χ1v) is 13.5. The molecule has 0 radical (unpaired) electrons. The fourth-order valence-electron chi connectivity index (χ4n) is 4.77. The van der Waals surface area contributed by atoms with Crippen molar-refractivity contribution in [3.8, 4) is 0 Å². The Balaban J connectivity index is 1.60. The van der Waals surface area contributed by atoms with Crippen LogP contribution in [0.4, 0.5) is 18.9 Å². The van der Waals surface area contributed by atoms with Gasteiger partial charge in [0, 0.05) is 49.9 Å². The average molecular weight is 546 g/mol. The molecule has 3 atom stereocenters. The zero-order valence-corrected chi connectivity index (χ0v) is 21.5. The monoisotopic (exact) mass is 545 g/mol. The third-order valence-electron chi connectivity index (χ3n) is 6.96. The van der Waals surface area contributed by atoms with E-state index in [1.165, 1.54) is 34.6 Å². The molecule has 2 aromatic rings. The Bertz CT molecular complexity index is 1180. The minimum atomic E-state index is -4.82. The van der Waals surface area contributed by atoms with Crippen LogP contribution in [-0.4, -0.2) is 85.4 Å². The summed E-state index contributed by atoms with van der Waals surface area (Å²) in [6, 6.07) is 11.7. The standard InChI is InChI=1S/C24H30F3N3O4S2/c1-23(32,24(25,26)27)17-6-8-18(9-7-17)30-13-12-29(15-19(30)14-28-11-10-20(31)16-28)36(33,34)22-5-3-2-4-21(22)35/h2-9,19-20,31-32,35H,10-16H2,1H3/t19?,20-,23?/m1/s1. The summed E-state index contributed by atoms with van der Waals surface area (Å²) in [7, 11) is -3.81. The van der Waals surface area contributed by atoms with Gasteiger partial charge < -0.3 is 15.1 Å². The highest BCUT2D eigenvalue weighted by molar-refractivity contribution is 7.90. The molecular formula is C24H30F3N3O4S2. The third kappa shape index (κ3) is 5.39. The number of aliphatic hydroxyl groups excluding tert-OH is 1. The van der Waals surface area contributed by atoms with Crippen molar-refractivity contribution in [2.24, 2.45) is 0 Å². The maximum absolute atomic E-state index is 13.4. The van der Waals surface area contributed by atoms with Gasteiger partial charge in [0.1, 0.15) is 0 Å². The molecule has 2 N–H and O–H groups in total. The molecule has 12 heteroatoms. The van der Waals surface area contributed by atoms with Crippen LogP contribution in [0.2, 0.25) is 0 Å². The fraction of sp³-hybridized carbons (Fsp3) is 0.500. The molecule has 0 saturated carbocycles. The molecule has 0 bridgehead atoms. The van der Waals surface area contributed by atoms with E-state index in [2.05, 4.69) is 17.5 Å². The summed E-state index contributed by atoms with van der Waals surface area (Å²) >= 11 is 4.31. The molecule has 2 fully saturated rings. The van der Waals surface area contributed by atoms with Gasteiger partial charge in [-0.2, -0.15) is 17.5 Å². The van der Waals surface area contributed by atoms with E-state index in [0.29, 0.717) is 50.1 Å². The highest BCUT2D eigenvalue weighted by atomic mass is 32.2. The summed E-state index contributed by atoms with van der Waals surface area (Å²) in [5, 5.41) is 20.0. The van der Waals surface area contributed by atoms with E-state index < -0.39 is 27.9 Å². The van der Waals surface area contributed by atoms with Crippen LogP contribution in [0.25, 0.3) is 0 Å². The van der Waals surface area contributed by atoms with Gasteiger partial charge >= 0.3 is 6.18 Å². The summed E-state index contributed by atoms with van der Waals surface area (Å²) in [4.78, 5) is 4.52. The minimum Gasteiger partial charge on any atom is -0.392 e. The summed E-state index contributed by atoms with van der Waals surface area (Å²) in [5.74, 6) is 0. The van der Waals surface area contributed by atoms with Gasteiger partial charge in [0.2, 0.25) is 10.0 Å². The largest absolute Gasteiger partial charge is 0.421 e. The second kappa shape index (κ2) is 10.1. The summed E-state index contributed by atoms with van der Waals surface area (Å²) in [6.07, 6.45) is -4.64. The third-order valence-corrected chi connectivity index (χ3v) is 9.42. The van der Waals surface area contributed by atoms with Crippen molar-refractivity contribution >= 4 is 28.3 Å². The Labute approximate surface area is 214 Å². The van der Waals surface area contributed by atoms with E-state index in [4.69, 9.17) is 0 Å². The fourth-order valence-corrected chi connectivity index (χ4v) is 6.83. The first-order valence-electron chi connectivity index (χ1n) is 11.7. The molecule has 2 aliphatic heterocycles. The summed E-state index contributed by atoms with van der Waals surface area (Å²) < 4.78 is 68.0. The number of halogens is 3. The second-order valence-electron chi connectivity index (χ2n) is 9.50. The zero-order valence-electron chi connectivity index (χ0n) is 19.8. The lowest BCUT2D eigenvalue weighted by Gasteiger charge is -2.43. The van der Waals surface area contributed by atoms with Crippen LogP contribution in [-0.2, 0) is 15.6 Å². The van der Waals surface area contributed by atoms with Crippen LogP contribution in [0.5, 0.6) is 0 Å². The minimum absolute atomic E-state index is 0.121. The van der Waals surface area contributed by atoms with E-state index >= 15 is 0 Å². The van der Waals surface area contributed by atoms with Crippen molar-refractivity contribution in [2.45, 2.75) is 47.1 Å². The molecule has 0 amide bonds. The van der Waals surface area contributed by atoms with E-state index in [-0.39, 0.29) is 29.6 Å². The molecule has 36 heavy (non-hydrogen) atoms. The van der Waals surface area contributed by atoms with Crippen LogP contribution >= 0.6 is 12.6 Å². The van der Waals surface area contributed by atoms with Crippen molar-refractivity contribution in [3.63, 3.8) is 0 Å². The highest BCUT2D eigenvalue weighted by Gasteiger charge is 2.51. The predicted octanol–water partition coefficient (Wildman–Crippen LogP) is 2.69. The van der Waals surface area contributed by atoms with Gasteiger partial charge in [-0.25, -0.2) is 8.42 Å². The maximum Gasteiger partial charge on any atom is 0.421 e. The van der Waals surface area contributed by atoms with Gasteiger partial charge in [0.15, 0.2) is 5.60 Å². The van der Waals surface area contributed by atoms with Gasteiger partial charge in [-0.05, 0) is 43.2 Å². The molecule has 198 valence electrons. The van der Waals surface area contributed by atoms with Gasteiger partial charge in [0.05, 0.1) is 17.0 Å². The van der Waals surface area contributed by atoms with Crippen molar-refractivity contribution in [2.75, 3.05) is 44.2 Å². The Hall–Kier alpha value is -1.83. The molecule has 2 heterocycles. The quantitative estimate of drug-likeness (QED) is 0.485. The van der Waals surface area contributed by atoms with E-state index in [1.54, 1.807) is 18.2 Å². The molecule has 7 nitrogen and oxygen atoms in total.